The number of rotatable bonds is 4. The standard InChI is InChI=1S/C11H15N3O4S2/c1-13-20(17,18)9-2-3-11(10(12)6-9)14-8-4-5-19(15,16)7-8/h2-6,8,13-14H,7,12H2,1H3. The lowest BCUT2D eigenvalue weighted by molar-refractivity contribution is 0.588. The molecule has 4 N–H and O–H groups in total. The highest BCUT2D eigenvalue weighted by Crippen LogP contribution is 2.24. The van der Waals surface area contributed by atoms with E-state index in [1.54, 1.807) is 0 Å². The van der Waals surface area contributed by atoms with Crippen LogP contribution in [0.3, 0.4) is 0 Å². The highest BCUT2D eigenvalue weighted by atomic mass is 32.2. The van der Waals surface area contributed by atoms with Gasteiger partial charge in [-0.15, -0.1) is 0 Å². The van der Waals surface area contributed by atoms with E-state index in [9.17, 15) is 16.8 Å². The third kappa shape index (κ3) is 3.11. The van der Waals surface area contributed by atoms with E-state index < -0.39 is 19.9 Å². The molecule has 0 bridgehead atoms. The molecular formula is C11H15N3O4S2. The molecule has 1 atom stereocenters. The molecule has 2 rings (SSSR count). The summed E-state index contributed by atoms with van der Waals surface area (Å²) in [6.45, 7) is 0. The summed E-state index contributed by atoms with van der Waals surface area (Å²) in [5.74, 6) is -0.0387. The summed E-state index contributed by atoms with van der Waals surface area (Å²) >= 11 is 0. The number of benzene rings is 1. The Morgan fingerprint density at radius 1 is 1.35 bits per heavy atom. The minimum Gasteiger partial charge on any atom is -0.397 e. The number of nitrogens with two attached hydrogens (primary N) is 1. The maximum atomic E-state index is 11.6. The van der Waals surface area contributed by atoms with E-state index in [0.29, 0.717) is 5.69 Å². The molecule has 110 valence electrons. The van der Waals surface area contributed by atoms with Gasteiger partial charge in [0.25, 0.3) is 0 Å². The van der Waals surface area contributed by atoms with E-state index >= 15 is 0 Å². The molecule has 20 heavy (non-hydrogen) atoms. The Kier molecular flexibility index (Phi) is 3.76. The van der Waals surface area contributed by atoms with E-state index in [2.05, 4.69) is 10.0 Å². The number of sulfonamides is 1. The van der Waals surface area contributed by atoms with Crippen LogP contribution in [0.5, 0.6) is 0 Å². The van der Waals surface area contributed by atoms with Crippen molar-refractivity contribution in [1.82, 2.24) is 4.72 Å². The molecule has 0 spiro atoms. The first kappa shape index (κ1) is 14.8. The lowest BCUT2D eigenvalue weighted by Gasteiger charge is -2.14. The number of hydrogen-bond donors (Lipinski definition) is 3. The Labute approximate surface area is 117 Å². The second-order valence-electron chi connectivity index (χ2n) is 4.37. The fourth-order valence-corrected chi connectivity index (χ4v) is 3.82. The first-order chi connectivity index (χ1) is 9.23. The van der Waals surface area contributed by atoms with Gasteiger partial charge in [-0.1, -0.05) is 6.08 Å². The van der Waals surface area contributed by atoms with Gasteiger partial charge in [0.15, 0.2) is 9.84 Å². The normalized spacial score (nSPS) is 20.9. The van der Waals surface area contributed by atoms with Gasteiger partial charge in [0.1, 0.15) is 0 Å². The first-order valence-corrected chi connectivity index (χ1v) is 8.94. The molecule has 0 aliphatic carbocycles. The molecule has 1 aliphatic rings. The molecular weight excluding hydrogens is 302 g/mol. The number of sulfone groups is 1. The Morgan fingerprint density at radius 2 is 2.05 bits per heavy atom. The first-order valence-electron chi connectivity index (χ1n) is 5.74. The van der Waals surface area contributed by atoms with Gasteiger partial charge >= 0.3 is 0 Å². The summed E-state index contributed by atoms with van der Waals surface area (Å²) in [6.07, 6.45) is 1.53. The minimum absolute atomic E-state index is 0.0387. The van der Waals surface area contributed by atoms with Crippen LogP contribution >= 0.6 is 0 Å². The third-order valence-corrected chi connectivity index (χ3v) is 5.68. The topological polar surface area (TPSA) is 118 Å². The lowest BCUT2D eigenvalue weighted by atomic mass is 10.2. The second kappa shape index (κ2) is 5.08. The Hall–Kier alpha value is -1.58. The predicted molar refractivity (Wildman–Crippen MR) is 77.4 cm³/mol. The van der Waals surface area contributed by atoms with Crippen LogP contribution in [-0.4, -0.2) is 35.7 Å². The van der Waals surface area contributed by atoms with E-state index in [0.717, 1.165) is 5.41 Å². The van der Waals surface area contributed by atoms with Gasteiger partial charge < -0.3 is 11.1 Å². The molecule has 0 amide bonds. The molecule has 7 nitrogen and oxygen atoms in total. The summed E-state index contributed by atoms with van der Waals surface area (Å²) < 4.78 is 48.0. The van der Waals surface area contributed by atoms with Crippen LogP contribution in [0.25, 0.3) is 0 Å². The molecule has 1 aromatic rings. The second-order valence-corrected chi connectivity index (χ2v) is 8.18. The number of nitrogens with one attached hydrogen (secondary N) is 2. The average Bonchev–Trinajstić information content (AvgIpc) is 2.71. The summed E-state index contributed by atoms with van der Waals surface area (Å²) in [4.78, 5) is 0.0534. The molecule has 1 unspecified atom stereocenters. The van der Waals surface area contributed by atoms with Gasteiger partial charge in [0.2, 0.25) is 10.0 Å². The lowest BCUT2D eigenvalue weighted by Crippen LogP contribution is -2.22. The van der Waals surface area contributed by atoms with Crippen LogP contribution in [0.2, 0.25) is 0 Å². The maximum Gasteiger partial charge on any atom is 0.240 e. The largest absolute Gasteiger partial charge is 0.397 e. The van der Waals surface area contributed by atoms with Gasteiger partial charge in [0, 0.05) is 5.41 Å². The van der Waals surface area contributed by atoms with Gasteiger partial charge in [-0.2, -0.15) is 0 Å². The fourth-order valence-electron chi connectivity index (χ4n) is 1.82. The van der Waals surface area contributed by atoms with Crippen molar-refractivity contribution < 1.29 is 16.8 Å². The van der Waals surface area contributed by atoms with Crippen LogP contribution < -0.4 is 15.8 Å². The summed E-state index contributed by atoms with van der Waals surface area (Å²) in [5.41, 5.74) is 6.52. The smallest absolute Gasteiger partial charge is 0.240 e. The molecule has 0 radical (unpaired) electrons. The minimum atomic E-state index is -3.55. The molecule has 1 heterocycles. The zero-order valence-electron chi connectivity index (χ0n) is 10.7. The Balaban J connectivity index is 2.22. The van der Waals surface area contributed by atoms with E-state index in [1.807, 2.05) is 0 Å². The molecule has 1 aliphatic heterocycles. The zero-order valence-corrected chi connectivity index (χ0v) is 12.3. The van der Waals surface area contributed by atoms with Gasteiger partial charge in [-0.25, -0.2) is 21.6 Å². The van der Waals surface area contributed by atoms with Crippen LogP contribution in [0, 0.1) is 0 Å². The monoisotopic (exact) mass is 317 g/mol. The summed E-state index contributed by atoms with van der Waals surface area (Å²) in [7, 11) is -5.39. The zero-order chi connectivity index (χ0) is 15.0. The van der Waals surface area contributed by atoms with Crippen LogP contribution in [0.15, 0.2) is 34.6 Å². The molecule has 0 fully saturated rings. The van der Waals surface area contributed by atoms with Crippen molar-refractivity contribution in [3.8, 4) is 0 Å². The van der Waals surface area contributed by atoms with E-state index in [-0.39, 0.29) is 22.4 Å². The van der Waals surface area contributed by atoms with E-state index in [4.69, 9.17) is 5.73 Å². The predicted octanol–water partition coefficient (Wildman–Crippen LogP) is -0.100. The summed E-state index contributed by atoms with van der Waals surface area (Å²) in [6, 6.07) is 3.87. The van der Waals surface area contributed by atoms with Crippen LogP contribution in [0.1, 0.15) is 0 Å². The van der Waals surface area contributed by atoms with Crippen molar-refractivity contribution in [2.75, 3.05) is 23.9 Å². The molecule has 9 heteroatoms. The Bertz CT molecular complexity index is 754. The highest BCUT2D eigenvalue weighted by Gasteiger charge is 2.22. The van der Waals surface area contributed by atoms with Crippen LogP contribution in [-0.2, 0) is 19.9 Å². The van der Waals surface area contributed by atoms with E-state index in [1.165, 1.54) is 31.3 Å². The maximum absolute atomic E-state index is 11.6. The van der Waals surface area contributed by atoms with Crippen LogP contribution in [0.4, 0.5) is 11.4 Å². The van der Waals surface area contributed by atoms with Crippen molar-refractivity contribution in [3.05, 3.63) is 29.7 Å². The average molecular weight is 317 g/mol. The van der Waals surface area contributed by atoms with Crippen molar-refractivity contribution in [1.29, 1.82) is 0 Å². The number of nitrogen functional groups attached to an aromatic ring is 1. The summed E-state index contributed by atoms with van der Waals surface area (Å²) in [5, 5.41) is 4.11. The molecule has 0 saturated carbocycles. The van der Waals surface area contributed by atoms with Crippen molar-refractivity contribution >= 4 is 31.2 Å². The van der Waals surface area contributed by atoms with Crippen molar-refractivity contribution in [2.45, 2.75) is 10.9 Å². The molecule has 1 aromatic carbocycles. The molecule has 0 aromatic heterocycles. The SMILES string of the molecule is CNS(=O)(=O)c1ccc(NC2C=CS(=O)(=O)C2)c(N)c1. The van der Waals surface area contributed by atoms with Gasteiger partial charge in [-0.3, -0.25) is 0 Å². The van der Waals surface area contributed by atoms with Gasteiger partial charge in [0.05, 0.1) is 28.1 Å². The quantitative estimate of drug-likeness (QED) is 0.667. The highest BCUT2D eigenvalue weighted by molar-refractivity contribution is 7.94. The Morgan fingerprint density at radius 3 is 2.55 bits per heavy atom. The van der Waals surface area contributed by atoms with Gasteiger partial charge in [-0.05, 0) is 25.2 Å². The van der Waals surface area contributed by atoms with Crippen molar-refractivity contribution in [2.24, 2.45) is 0 Å². The number of hydrogen-bond acceptors (Lipinski definition) is 6. The number of anilines is 2. The molecule has 0 saturated heterocycles. The van der Waals surface area contributed by atoms with Crippen molar-refractivity contribution in [3.63, 3.8) is 0 Å². The fraction of sp³-hybridized carbons (Fsp3) is 0.273. The third-order valence-electron chi connectivity index (χ3n) is 2.87.